The first-order valence-electron chi connectivity index (χ1n) is 6.44. The summed E-state index contributed by atoms with van der Waals surface area (Å²) in [5.41, 5.74) is 7.39. The number of nitrogens with one attached hydrogen (secondary N) is 1. The molecule has 0 spiro atoms. The topological polar surface area (TPSA) is 61.6 Å². The van der Waals surface area contributed by atoms with Crippen LogP contribution in [0.15, 0.2) is 24.3 Å². The van der Waals surface area contributed by atoms with Crippen LogP contribution >= 0.6 is 0 Å². The van der Waals surface area contributed by atoms with E-state index in [-0.39, 0.29) is 5.91 Å². The highest BCUT2D eigenvalue weighted by Gasteiger charge is 2.08. The summed E-state index contributed by atoms with van der Waals surface area (Å²) in [6.07, 6.45) is 0. The molecule has 5 heteroatoms. The van der Waals surface area contributed by atoms with Crippen molar-refractivity contribution in [2.75, 3.05) is 46.1 Å². The number of nitrogens with zero attached hydrogens (tertiary/aromatic N) is 2. The summed E-state index contributed by atoms with van der Waals surface area (Å²) in [6, 6.07) is 7.61. The van der Waals surface area contributed by atoms with Crippen LogP contribution in [0.5, 0.6) is 0 Å². The van der Waals surface area contributed by atoms with E-state index in [0.717, 1.165) is 24.3 Å². The van der Waals surface area contributed by atoms with Crippen molar-refractivity contribution in [1.82, 2.24) is 9.80 Å². The van der Waals surface area contributed by atoms with Crippen molar-refractivity contribution in [2.45, 2.75) is 6.54 Å². The van der Waals surface area contributed by atoms with Crippen molar-refractivity contribution in [3.8, 4) is 0 Å². The minimum atomic E-state index is -0.0119. The number of rotatable bonds is 7. The number of carbonyl (C=O) groups is 1. The third kappa shape index (κ3) is 5.83. The summed E-state index contributed by atoms with van der Waals surface area (Å²) in [4.78, 5) is 16.0. The van der Waals surface area contributed by atoms with E-state index in [1.165, 1.54) is 0 Å². The van der Waals surface area contributed by atoms with Crippen molar-refractivity contribution >= 4 is 11.6 Å². The summed E-state index contributed by atoms with van der Waals surface area (Å²) in [7, 11) is 5.98. The third-order valence-corrected chi connectivity index (χ3v) is 2.85. The third-order valence-electron chi connectivity index (χ3n) is 2.85. The van der Waals surface area contributed by atoms with Gasteiger partial charge in [-0.15, -0.1) is 0 Å². The molecule has 0 saturated heterocycles. The molecule has 1 aromatic carbocycles. The Balaban J connectivity index is 2.46. The second-order valence-electron chi connectivity index (χ2n) is 4.95. The average Bonchev–Trinajstić information content (AvgIpc) is 2.37. The van der Waals surface area contributed by atoms with Gasteiger partial charge in [0.05, 0.1) is 6.54 Å². The highest BCUT2D eigenvalue weighted by Crippen LogP contribution is 2.13. The predicted molar refractivity (Wildman–Crippen MR) is 79.0 cm³/mol. The lowest BCUT2D eigenvalue weighted by atomic mass is 10.2. The largest absolute Gasteiger partial charge is 0.326 e. The molecular weight excluding hydrogens is 240 g/mol. The second kappa shape index (κ2) is 7.89. The zero-order valence-electron chi connectivity index (χ0n) is 12.0. The van der Waals surface area contributed by atoms with Gasteiger partial charge < -0.3 is 16.0 Å². The summed E-state index contributed by atoms with van der Waals surface area (Å²) < 4.78 is 0. The Hall–Kier alpha value is -1.43. The smallest absolute Gasteiger partial charge is 0.238 e. The van der Waals surface area contributed by atoms with Crippen LogP contribution in [0.4, 0.5) is 5.69 Å². The molecule has 0 aliphatic carbocycles. The van der Waals surface area contributed by atoms with Crippen molar-refractivity contribution < 1.29 is 4.79 Å². The van der Waals surface area contributed by atoms with Crippen LogP contribution < -0.4 is 11.1 Å². The Morgan fingerprint density at radius 1 is 1.21 bits per heavy atom. The predicted octanol–water partition coefficient (Wildman–Crippen LogP) is 0.577. The van der Waals surface area contributed by atoms with Gasteiger partial charge in [0.1, 0.15) is 0 Å². The molecule has 0 aliphatic rings. The number of amides is 1. The maximum atomic E-state index is 11.9. The highest BCUT2D eigenvalue weighted by molar-refractivity contribution is 5.92. The average molecular weight is 264 g/mol. The minimum absolute atomic E-state index is 0.0119. The molecule has 0 saturated carbocycles. The zero-order chi connectivity index (χ0) is 14.3. The van der Waals surface area contributed by atoms with Gasteiger partial charge in [0.2, 0.25) is 5.91 Å². The van der Waals surface area contributed by atoms with E-state index in [4.69, 9.17) is 5.73 Å². The van der Waals surface area contributed by atoms with Gasteiger partial charge in [-0.2, -0.15) is 0 Å². The molecule has 0 atom stereocenters. The maximum absolute atomic E-state index is 11.9. The van der Waals surface area contributed by atoms with Crippen molar-refractivity contribution in [3.63, 3.8) is 0 Å². The minimum Gasteiger partial charge on any atom is -0.326 e. The Labute approximate surface area is 115 Å². The van der Waals surface area contributed by atoms with E-state index in [2.05, 4.69) is 10.2 Å². The van der Waals surface area contributed by atoms with Crippen LogP contribution in [0.25, 0.3) is 0 Å². The first-order chi connectivity index (χ1) is 9.02. The number of benzene rings is 1. The lowest BCUT2D eigenvalue weighted by Gasteiger charge is -2.19. The number of carbonyl (C=O) groups excluding carboxylic acids is 1. The van der Waals surface area contributed by atoms with Crippen LogP contribution in [-0.4, -0.2) is 56.5 Å². The number of hydrogen-bond acceptors (Lipinski definition) is 4. The molecule has 19 heavy (non-hydrogen) atoms. The molecule has 1 amide bonds. The molecule has 106 valence electrons. The van der Waals surface area contributed by atoms with E-state index < -0.39 is 0 Å². The first kappa shape index (κ1) is 15.6. The van der Waals surface area contributed by atoms with Gasteiger partial charge in [0, 0.05) is 25.3 Å². The zero-order valence-corrected chi connectivity index (χ0v) is 12.0. The fourth-order valence-electron chi connectivity index (χ4n) is 1.70. The van der Waals surface area contributed by atoms with Gasteiger partial charge in [-0.1, -0.05) is 18.2 Å². The Kier molecular flexibility index (Phi) is 6.49. The maximum Gasteiger partial charge on any atom is 0.238 e. The monoisotopic (exact) mass is 264 g/mol. The SMILES string of the molecule is CN(C)CCN(C)CC(=O)Nc1ccccc1CN. The van der Waals surface area contributed by atoms with E-state index in [1.54, 1.807) is 0 Å². The molecule has 0 aromatic heterocycles. The van der Waals surface area contributed by atoms with Gasteiger partial charge >= 0.3 is 0 Å². The van der Waals surface area contributed by atoms with E-state index in [1.807, 2.05) is 50.3 Å². The van der Waals surface area contributed by atoms with Gasteiger partial charge in [-0.05, 0) is 32.8 Å². The van der Waals surface area contributed by atoms with Crippen molar-refractivity contribution in [1.29, 1.82) is 0 Å². The Bertz CT molecular complexity index is 406. The molecule has 0 heterocycles. The normalized spacial score (nSPS) is 11.1. The fourth-order valence-corrected chi connectivity index (χ4v) is 1.70. The van der Waals surface area contributed by atoms with Crippen LogP contribution in [-0.2, 0) is 11.3 Å². The second-order valence-corrected chi connectivity index (χ2v) is 4.95. The fraction of sp³-hybridized carbons (Fsp3) is 0.500. The van der Waals surface area contributed by atoms with Gasteiger partial charge in [-0.3, -0.25) is 9.69 Å². The number of nitrogens with two attached hydrogens (primary N) is 1. The molecule has 5 nitrogen and oxygen atoms in total. The summed E-state index contributed by atoms with van der Waals surface area (Å²) >= 11 is 0. The van der Waals surface area contributed by atoms with Gasteiger partial charge in [0.15, 0.2) is 0 Å². The summed E-state index contributed by atoms with van der Waals surface area (Å²) in [6.45, 7) is 2.60. The Morgan fingerprint density at radius 3 is 2.53 bits per heavy atom. The van der Waals surface area contributed by atoms with Crippen molar-refractivity contribution in [3.05, 3.63) is 29.8 Å². The standard InChI is InChI=1S/C14H24N4O/c1-17(2)8-9-18(3)11-14(19)16-13-7-5-4-6-12(13)10-15/h4-7H,8-11,15H2,1-3H3,(H,16,19). The number of anilines is 1. The van der Waals surface area contributed by atoms with Crippen molar-refractivity contribution in [2.24, 2.45) is 5.73 Å². The van der Waals surface area contributed by atoms with Crippen LogP contribution in [0.1, 0.15) is 5.56 Å². The highest BCUT2D eigenvalue weighted by atomic mass is 16.2. The number of likely N-dealkylation sites (N-methyl/N-ethyl adjacent to an activating group) is 2. The number of hydrogen-bond donors (Lipinski definition) is 2. The van der Waals surface area contributed by atoms with E-state index >= 15 is 0 Å². The molecule has 0 radical (unpaired) electrons. The first-order valence-corrected chi connectivity index (χ1v) is 6.44. The van der Waals surface area contributed by atoms with E-state index in [0.29, 0.717) is 13.1 Å². The van der Waals surface area contributed by atoms with Crippen LogP contribution in [0, 0.1) is 0 Å². The molecule has 0 bridgehead atoms. The molecular formula is C14H24N4O. The molecule has 0 fully saturated rings. The molecule has 0 unspecified atom stereocenters. The molecule has 1 rings (SSSR count). The lowest BCUT2D eigenvalue weighted by molar-refractivity contribution is -0.117. The van der Waals surface area contributed by atoms with Crippen LogP contribution in [0.2, 0.25) is 0 Å². The van der Waals surface area contributed by atoms with Gasteiger partial charge in [-0.25, -0.2) is 0 Å². The van der Waals surface area contributed by atoms with E-state index in [9.17, 15) is 4.79 Å². The van der Waals surface area contributed by atoms with Crippen LogP contribution in [0.3, 0.4) is 0 Å². The summed E-state index contributed by atoms with van der Waals surface area (Å²) in [5, 5.41) is 2.91. The number of para-hydroxylation sites is 1. The molecule has 0 aliphatic heterocycles. The lowest BCUT2D eigenvalue weighted by Crippen LogP contribution is -2.35. The Morgan fingerprint density at radius 2 is 1.89 bits per heavy atom. The molecule has 3 N–H and O–H groups in total. The quantitative estimate of drug-likeness (QED) is 0.756. The van der Waals surface area contributed by atoms with Gasteiger partial charge in [0.25, 0.3) is 0 Å². The summed E-state index contributed by atoms with van der Waals surface area (Å²) in [5.74, 6) is -0.0119. The molecule has 1 aromatic rings.